The fourth-order valence-electron chi connectivity index (χ4n) is 8.48. The maximum Gasteiger partial charge on any atom is 0.253 e. The Balaban J connectivity index is 1.30. The topological polar surface area (TPSA) is 90.4 Å². The number of nitrogens with zero attached hydrogens (tertiary/aromatic N) is 3. The van der Waals surface area contributed by atoms with Crippen LogP contribution in [0.5, 0.6) is 0 Å². The second-order valence-corrected chi connectivity index (χ2v) is 13.0. The number of rotatable bonds is 6. The average Bonchev–Trinajstić information content (AvgIpc) is 3.41. The Morgan fingerprint density at radius 2 is 1.38 bits per heavy atom. The van der Waals surface area contributed by atoms with Crippen LogP contribution >= 0.6 is 0 Å². The van der Waals surface area contributed by atoms with Crippen LogP contribution in [0.1, 0.15) is 24.9 Å². The van der Waals surface area contributed by atoms with Gasteiger partial charge in [-0.3, -0.25) is 14.4 Å². The SMILES string of the molecule is CC[C@]12C=CCN(c3ccccc3)C(=O)[C@H]1[C@H]1C(=O)N([C@H](CO)c3ccccc3)C3C(=O)N(c4ccc5ccccc5c4)CC=C[C@@]31O2. The fourth-order valence-corrected chi connectivity index (χ4v) is 8.48. The van der Waals surface area contributed by atoms with Crippen LogP contribution < -0.4 is 9.80 Å². The minimum atomic E-state index is -1.46. The molecule has 4 aliphatic rings. The number of ether oxygens (including phenoxy) is 1. The molecule has 4 aromatic carbocycles. The second-order valence-electron chi connectivity index (χ2n) is 13.0. The molecular formula is C40H37N3O5. The molecule has 0 aromatic heterocycles. The van der Waals surface area contributed by atoms with Gasteiger partial charge in [-0.25, -0.2) is 0 Å². The molecule has 4 heterocycles. The molecule has 2 saturated heterocycles. The van der Waals surface area contributed by atoms with Crippen molar-refractivity contribution in [3.8, 4) is 0 Å². The van der Waals surface area contributed by atoms with Gasteiger partial charge in [0, 0.05) is 24.5 Å². The summed E-state index contributed by atoms with van der Waals surface area (Å²) in [6.45, 7) is 2.14. The summed E-state index contributed by atoms with van der Waals surface area (Å²) in [5.74, 6) is -2.82. The minimum absolute atomic E-state index is 0.222. The van der Waals surface area contributed by atoms with Crippen molar-refractivity contribution in [3.63, 3.8) is 0 Å². The van der Waals surface area contributed by atoms with E-state index in [9.17, 15) is 9.90 Å². The van der Waals surface area contributed by atoms with Crippen molar-refractivity contribution in [3.05, 3.63) is 133 Å². The van der Waals surface area contributed by atoms with Gasteiger partial charge in [0.15, 0.2) is 0 Å². The zero-order valence-electron chi connectivity index (χ0n) is 26.7. The summed E-state index contributed by atoms with van der Waals surface area (Å²) in [4.78, 5) is 50.0. The molecule has 2 fully saturated rings. The summed E-state index contributed by atoms with van der Waals surface area (Å²) in [5.41, 5.74) is -0.453. The number of hydrogen-bond donors (Lipinski definition) is 1. The van der Waals surface area contributed by atoms with Gasteiger partial charge in [0.05, 0.1) is 30.1 Å². The van der Waals surface area contributed by atoms with E-state index >= 15 is 9.59 Å². The van der Waals surface area contributed by atoms with Crippen LogP contribution in [0.2, 0.25) is 0 Å². The van der Waals surface area contributed by atoms with E-state index < -0.39 is 41.7 Å². The third-order valence-electron chi connectivity index (χ3n) is 10.7. The number of anilines is 2. The predicted octanol–water partition coefficient (Wildman–Crippen LogP) is 5.44. The van der Waals surface area contributed by atoms with Crippen molar-refractivity contribution in [2.75, 3.05) is 29.5 Å². The number of aliphatic hydroxyl groups excluding tert-OH is 1. The molecule has 1 N–H and O–H groups in total. The molecule has 0 radical (unpaired) electrons. The number of carbonyl (C=O) groups excluding carboxylic acids is 3. The number of hydrogen-bond acceptors (Lipinski definition) is 5. The van der Waals surface area contributed by atoms with Crippen LogP contribution in [0, 0.1) is 11.8 Å². The van der Waals surface area contributed by atoms with Crippen LogP contribution in [-0.2, 0) is 19.1 Å². The van der Waals surface area contributed by atoms with Gasteiger partial charge in [0.1, 0.15) is 11.6 Å². The summed E-state index contributed by atoms with van der Waals surface area (Å²) in [6.07, 6.45) is 8.06. The lowest BCUT2D eigenvalue weighted by molar-refractivity contribution is -0.149. The van der Waals surface area contributed by atoms with E-state index in [1.54, 1.807) is 9.80 Å². The Kier molecular flexibility index (Phi) is 7.31. The Morgan fingerprint density at radius 1 is 0.729 bits per heavy atom. The van der Waals surface area contributed by atoms with Crippen molar-refractivity contribution in [2.24, 2.45) is 11.8 Å². The van der Waals surface area contributed by atoms with Gasteiger partial charge in [-0.2, -0.15) is 0 Å². The monoisotopic (exact) mass is 639 g/mol. The molecule has 8 rings (SSSR count). The maximum atomic E-state index is 15.2. The number of para-hydroxylation sites is 1. The molecule has 242 valence electrons. The number of aliphatic hydroxyl groups is 1. The Bertz CT molecular complexity index is 1960. The smallest absolute Gasteiger partial charge is 0.253 e. The van der Waals surface area contributed by atoms with Crippen molar-refractivity contribution in [1.82, 2.24) is 4.90 Å². The van der Waals surface area contributed by atoms with Gasteiger partial charge < -0.3 is 24.5 Å². The first-order valence-corrected chi connectivity index (χ1v) is 16.6. The highest BCUT2D eigenvalue weighted by Crippen LogP contribution is 2.60. The van der Waals surface area contributed by atoms with Gasteiger partial charge in [-0.05, 0) is 47.0 Å². The highest BCUT2D eigenvalue weighted by atomic mass is 16.5. The third kappa shape index (κ3) is 4.39. The van der Waals surface area contributed by atoms with Gasteiger partial charge in [-0.15, -0.1) is 0 Å². The quantitative estimate of drug-likeness (QED) is 0.284. The molecule has 1 spiro atoms. The van der Waals surface area contributed by atoms with Crippen LogP contribution in [0.15, 0.2) is 127 Å². The lowest BCUT2D eigenvalue weighted by atomic mass is 9.73. The molecule has 3 amide bonds. The molecule has 1 unspecified atom stereocenters. The Morgan fingerprint density at radius 3 is 2.08 bits per heavy atom. The number of benzene rings is 4. The predicted molar refractivity (Wildman–Crippen MR) is 184 cm³/mol. The molecule has 8 nitrogen and oxygen atoms in total. The summed E-state index contributed by atoms with van der Waals surface area (Å²) in [6, 6.07) is 30.6. The van der Waals surface area contributed by atoms with Gasteiger partial charge in [-0.1, -0.05) is 110 Å². The molecule has 0 saturated carbocycles. The molecule has 0 aliphatic carbocycles. The van der Waals surface area contributed by atoms with E-state index in [4.69, 9.17) is 4.74 Å². The van der Waals surface area contributed by atoms with Crippen LogP contribution in [-0.4, -0.2) is 64.7 Å². The minimum Gasteiger partial charge on any atom is -0.394 e. The van der Waals surface area contributed by atoms with Gasteiger partial charge in [0.2, 0.25) is 11.8 Å². The molecular weight excluding hydrogens is 602 g/mol. The molecule has 8 heteroatoms. The summed E-state index contributed by atoms with van der Waals surface area (Å²) < 4.78 is 7.18. The van der Waals surface area contributed by atoms with E-state index in [0.29, 0.717) is 24.2 Å². The molecule has 4 aromatic rings. The normalized spacial score (nSPS) is 28.7. The van der Waals surface area contributed by atoms with Gasteiger partial charge in [0.25, 0.3) is 5.91 Å². The van der Waals surface area contributed by atoms with Crippen molar-refractivity contribution in [1.29, 1.82) is 0 Å². The second kappa shape index (κ2) is 11.6. The highest BCUT2D eigenvalue weighted by Gasteiger charge is 2.76. The lowest BCUT2D eigenvalue weighted by Crippen LogP contribution is -2.57. The Hall–Kier alpha value is -5.05. The van der Waals surface area contributed by atoms with Crippen molar-refractivity contribution < 1.29 is 24.2 Å². The van der Waals surface area contributed by atoms with Crippen molar-refractivity contribution in [2.45, 2.75) is 36.6 Å². The average molecular weight is 640 g/mol. The zero-order valence-corrected chi connectivity index (χ0v) is 26.7. The van der Waals surface area contributed by atoms with E-state index in [-0.39, 0.29) is 24.3 Å². The number of fused-ring (bicyclic) bond motifs is 3. The summed E-state index contributed by atoms with van der Waals surface area (Å²) in [7, 11) is 0. The summed E-state index contributed by atoms with van der Waals surface area (Å²) >= 11 is 0. The first kappa shape index (κ1) is 30.3. The molecule has 4 aliphatic heterocycles. The maximum absolute atomic E-state index is 15.2. The third-order valence-corrected chi connectivity index (χ3v) is 10.7. The number of amides is 3. The Labute approximate surface area is 279 Å². The summed E-state index contributed by atoms with van der Waals surface area (Å²) in [5, 5.41) is 13.0. The van der Waals surface area contributed by atoms with Crippen LogP contribution in [0.3, 0.4) is 0 Å². The van der Waals surface area contributed by atoms with Crippen LogP contribution in [0.4, 0.5) is 11.4 Å². The largest absolute Gasteiger partial charge is 0.394 e. The number of likely N-dealkylation sites (tertiary alicyclic amines) is 1. The highest BCUT2D eigenvalue weighted by molar-refractivity contribution is 6.08. The first-order chi connectivity index (χ1) is 23.4. The molecule has 0 bridgehead atoms. The van der Waals surface area contributed by atoms with E-state index in [2.05, 4.69) is 0 Å². The zero-order chi connectivity index (χ0) is 33.0. The number of carbonyl (C=O) groups is 3. The van der Waals surface area contributed by atoms with E-state index in [0.717, 1.165) is 16.5 Å². The first-order valence-electron chi connectivity index (χ1n) is 16.6. The standard InChI is InChI=1S/C40H37N3O5/c1-2-39-21-11-23-41(30-17-7-4-8-18-30)36(45)33(39)34-37(46)43(32(26-44)28-14-5-3-6-15-28)35-38(47)42(24-12-22-40(34,35)48-39)31-20-19-27-13-9-10-16-29(27)25-31/h3-22,25,32-35,44H,2,23-24,26H2,1H3/t32-,33-,34+,35?,39+,40+/m1/s1. The van der Waals surface area contributed by atoms with Crippen molar-refractivity contribution >= 4 is 39.9 Å². The lowest BCUT2D eigenvalue weighted by Gasteiger charge is -2.41. The fraction of sp³-hybridized carbons (Fsp3) is 0.275. The van der Waals surface area contributed by atoms with E-state index in [1.807, 2.05) is 134 Å². The van der Waals surface area contributed by atoms with Gasteiger partial charge >= 0.3 is 0 Å². The van der Waals surface area contributed by atoms with E-state index in [1.165, 1.54) is 4.90 Å². The van der Waals surface area contributed by atoms with Crippen LogP contribution in [0.25, 0.3) is 10.8 Å². The molecule has 48 heavy (non-hydrogen) atoms. The molecule has 6 atom stereocenters.